The summed E-state index contributed by atoms with van der Waals surface area (Å²) in [5.41, 5.74) is 0. The molecule has 0 rings (SSSR count). The van der Waals surface area contributed by atoms with Crippen LogP contribution in [0.1, 0.15) is 52.9 Å². The van der Waals surface area contributed by atoms with Crippen LogP contribution in [0.3, 0.4) is 0 Å². The molecule has 0 aromatic carbocycles. The van der Waals surface area contributed by atoms with Crippen LogP contribution >= 0.6 is 0 Å². The summed E-state index contributed by atoms with van der Waals surface area (Å²) in [7, 11) is 0. The summed E-state index contributed by atoms with van der Waals surface area (Å²) in [6, 6.07) is 0. The van der Waals surface area contributed by atoms with E-state index in [2.05, 4.69) is 27.4 Å². The highest BCUT2D eigenvalue weighted by molar-refractivity contribution is 4.66. The zero-order chi connectivity index (χ0) is 9.40. The zero-order valence-corrected chi connectivity index (χ0v) is 9.68. The maximum atomic E-state index is 3.72. The highest BCUT2D eigenvalue weighted by Crippen LogP contribution is 2.17. The molecule has 13 heavy (non-hydrogen) atoms. The quantitative estimate of drug-likeness (QED) is 0.457. The molecule has 1 unspecified atom stereocenters. The number of unbranched alkanes of at least 4 members (excludes halogenated alkanes) is 3. The fraction of sp³-hybridized carbons (Fsp3) is 0.833. The smallest absolute Gasteiger partial charge is 0.0353 e. The predicted octanol–water partition coefficient (Wildman–Crippen LogP) is 4.58. The third kappa shape index (κ3) is 9.62. The number of hydrogen-bond acceptors (Lipinski definition) is 1. The molecule has 0 aliphatic carbocycles. The molecule has 0 radical (unpaired) electrons. The van der Waals surface area contributed by atoms with Gasteiger partial charge in [-0.3, -0.25) is 0 Å². The fourth-order valence-electron chi connectivity index (χ4n) is 1.27. The van der Waals surface area contributed by atoms with Gasteiger partial charge in [0.05, 0.1) is 0 Å². The first-order chi connectivity index (χ1) is 5.68. The highest BCUT2D eigenvalue weighted by atomic mass is 14.1. The minimum atomic E-state index is 0. The van der Waals surface area contributed by atoms with Crippen molar-refractivity contribution in [3.8, 4) is 0 Å². The van der Waals surface area contributed by atoms with Gasteiger partial charge in [-0.25, -0.2) is 0 Å². The monoisotopic (exact) mass is 185 g/mol. The summed E-state index contributed by atoms with van der Waals surface area (Å²) in [5, 5.41) is 0. The molecule has 0 aromatic heterocycles. The van der Waals surface area contributed by atoms with Crippen LogP contribution in [0.25, 0.3) is 0 Å². The van der Waals surface area contributed by atoms with Gasteiger partial charge in [-0.15, -0.1) is 6.58 Å². The fourth-order valence-corrected chi connectivity index (χ4v) is 1.27. The topological polar surface area (TPSA) is 35.0 Å². The van der Waals surface area contributed by atoms with E-state index in [1.165, 1.54) is 32.1 Å². The van der Waals surface area contributed by atoms with Crippen LogP contribution in [0.5, 0.6) is 0 Å². The van der Waals surface area contributed by atoms with Gasteiger partial charge < -0.3 is 6.15 Å². The van der Waals surface area contributed by atoms with Gasteiger partial charge in [-0.1, -0.05) is 46.1 Å². The Kier molecular flexibility index (Phi) is 11.4. The van der Waals surface area contributed by atoms with Crippen molar-refractivity contribution in [1.29, 1.82) is 0 Å². The first-order valence-electron chi connectivity index (χ1n) is 5.29. The van der Waals surface area contributed by atoms with Gasteiger partial charge in [0, 0.05) is 0 Å². The second kappa shape index (κ2) is 9.79. The Hall–Kier alpha value is -0.300. The second-order valence-corrected chi connectivity index (χ2v) is 4.15. The maximum Gasteiger partial charge on any atom is -0.0353 e. The summed E-state index contributed by atoms with van der Waals surface area (Å²) < 4.78 is 0. The standard InChI is InChI=1S/C12H24.H3N/c1-5-6-7-8-9-10-12(4)11(2)3;/h5,11-12H,1,6-10H2,2-4H3;1H3. The van der Waals surface area contributed by atoms with Crippen LogP contribution in [-0.4, -0.2) is 0 Å². The lowest BCUT2D eigenvalue weighted by atomic mass is 9.92. The van der Waals surface area contributed by atoms with E-state index in [9.17, 15) is 0 Å². The second-order valence-electron chi connectivity index (χ2n) is 4.15. The minimum absolute atomic E-state index is 0. The average Bonchev–Trinajstić information content (AvgIpc) is 2.03. The van der Waals surface area contributed by atoms with Gasteiger partial charge in [0.25, 0.3) is 0 Å². The number of rotatable bonds is 7. The Bertz CT molecular complexity index is 108. The van der Waals surface area contributed by atoms with Crippen molar-refractivity contribution < 1.29 is 0 Å². The van der Waals surface area contributed by atoms with Crippen LogP contribution in [0, 0.1) is 11.8 Å². The Morgan fingerprint density at radius 2 is 1.69 bits per heavy atom. The Morgan fingerprint density at radius 3 is 2.15 bits per heavy atom. The lowest BCUT2D eigenvalue weighted by Crippen LogP contribution is -2.03. The van der Waals surface area contributed by atoms with Crippen LogP contribution < -0.4 is 6.15 Å². The maximum absolute atomic E-state index is 3.72. The molecule has 80 valence electrons. The number of allylic oxidation sites excluding steroid dienone is 1. The highest BCUT2D eigenvalue weighted by Gasteiger charge is 2.05. The molecule has 0 saturated carbocycles. The van der Waals surface area contributed by atoms with Crippen molar-refractivity contribution in [2.75, 3.05) is 0 Å². The van der Waals surface area contributed by atoms with Crippen molar-refractivity contribution in [2.45, 2.75) is 52.9 Å². The van der Waals surface area contributed by atoms with Crippen molar-refractivity contribution in [3.63, 3.8) is 0 Å². The molecule has 0 amide bonds. The summed E-state index contributed by atoms with van der Waals surface area (Å²) in [4.78, 5) is 0. The minimum Gasteiger partial charge on any atom is -0.344 e. The molecule has 1 heteroatoms. The molecule has 0 aliphatic heterocycles. The van der Waals surface area contributed by atoms with Gasteiger partial charge in [0.1, 0.15) is 0 Å². The molecule has 0 fully saturated rings. The Balaban J connectivity index is 0. The van der Waals surface area contributed by atoms with Gasteiger partial charge in [-0.05, 0) is 24.7 Å². The molecule has 0 aliphatic rings. The Labute approximate surface area is 84.2 Å². The van der Waals surface area contributed by atoms with Crippen LogP contribution in [0.4, 0.5) is 0 Å². The first kappa shape index (κ1) is 15.2. The lowest BCUT2D eigenvalue weighted by Gasteiger charge is -2.14. The zero-order valence-electron chi connectivity index (χ0n) is 9.68. The normalized spacial score (nSPS) is 12.3. The van der Waals surface area contributed by atoms with Gasteiger partial charge in [0.2, 0.25) is 0 Å². The molecule has 1 nitrogen and oxygen atoms in total. The molecule has 0 spiro atoms. The van der Waals surface area contributed by atoms with Crippen molar-refractivity contribution in [2.24, 2.45) is 11.8 Å². The van der Waals surface area contributed by atoms with Crippen molar-refractivity contribution in [3.05, 3.63) is 12.7 Å². The summed E-state index contributed by atoms with van der Waals surface area (Å²) in [6.07, 6.45) is 8.71. The third-order valence-corrected chi connectivity index (χ3v) is 2.71. The van der Waals surface area contributed by atoms with E-state index in [0.717, 1.165) is 11.8 Å². The SMILES string of the molecule is C=CCCCCCC(C)C(C)C.N. The van der Waals surface area contributed by atoms with Gasteiger partial charge in [-0.2, -0.15) is 0 Å². The van der Waals surface area contributed by atoms with E-state index in [1.807, 2.05) is 6.08 Å². The third-order valence-electron chi connectivity index (χ3n) is 2.71. The van der Waals surface area contributed by atoms with E-state index in [-0.39, 0.29) is 6.15 Å². The van der Waals surface area contributed by atoms with E-state index in [4.69, 9.17) is 0 Å². The molecule has 0 bridgehead atoms. The number of hydrogen-bond donors (Lipinski definition) is 1. The predicted molar refractivity (Wildman–Crippen MR) is 62.3 cm³/mol. The van der Waals surface area contributed by atoms with E-state index in [1.54, 1.807) is 0 Å². The summed E-state index contributed by atoms with van der Waals surface area (Å²) in [5.74, 6) is 1.75. The lowest BCUT2D eigenvalue weighted by molar-refractivity contribution is 0.376. The van der Waals surface area contributed by atoms with Crippen LogP contribution in [0.2, 0.25) is 0 Å². The van der Waals surface area contributed by atoms with E-state index >= 15 is 0 Å². The van der Waals surface area contributed by atoms with Crippen molar-refractivity contribution in [1.82, 2.24) is 6.15 Å². The molecule has 0 heterocycles. The summed E-state index contributed by atoms with van der Waals surface area (Å²) in [6.45, 7) is 10.7. The van der Waals surface area contributed by atoms with Crippen molar-refractivity contribution >= 4 is 0 Å². The molecule has 3 N–H and O–H groups in total. The molecule has 0 aromatic rings. The Morgan fingerprint density at radius 1 is 1.08 bits per heavy atom. The van der Waals surface area contributed by atoms with E-state index < -0.39 is 0 Å². The average molecular weight is 185 g/mol. The van der Waals surface area contributed by atoms with Crippen LogP contribution in [-0.2, 0) is 0 Å². The van der Waals surface area contributed by atoms with Crippen LogP contribution in [0.15, 0.2) is 12.7 Å². The van der Waals surface area contributed by atoms with Gasteiger partial charge in [0.15, 0.2) is 0 Å². The van der Waals surface area contributed by atoms with Gasteiger partial charge >= 0.3 is 0 Å². The summed E-state index contributed by atoms with van der Waals surface area (Å²) >= 11 is 0. The molecule has 0 saturated heterocycles. The molecular formula is C12H27N. The molecular weight excluding hydrogens is 158 g/mol. The largest absolute Gasteiger partial charge is 0.344 e. The van der Waals surface area contributed by atoms with E-state index in [0.29, 0.717) is 0 Å². The molecule has 1 atom stereocenters. The first-order valence-corrected chi connectivity index (χ1v) is 5.29.